The van der Waals surface area contributed by atoms with Gasteiger partial charge >= 0.3 is 0 Å². The minimum absolute atomic E-state index is 0.130. The number of hydrogen-bond acceptors (Lipinski definition) is 1. The Hall–Kier alpha value is -1.34. The third kappa shape index (κ3) is 3.29. The van der Waals surface area contributed by atoms with Gasteiger partial charge in [-0.3, -0.25) is 0 Å². The third-order valence-corrected chi connectivity index (χ3v) is 4.63. The van der Waals surface area contributed by atoms with Gasteiger partial charge < -0.3 is 0 Å². The van der Waals surface area contributed by atoms with Crippen molar-refractivity contribution in [2.45, 2.75) is 48.0 Å². The standard InChI is InChI=1S/C19H24ClN/c1-12-11-13(2)17(14(12)3)15-9-7-8-10-16(15)21-18(20)19(4,5)6/h7-10H,11H2,1-6H3. The first-order chi connectivity index (χ1) is 9.71. The maximum Gasteiger partial charge on any atom is 0.112 e. The molecule has 0 radical (unpaired) electrons. The summed E-state index contributed by atoms with van der Waals surface area (Å²) in [6.45, 7) is 12.9. The van der Waals surface area contributed by atoms with Crippen molar-refractivity contribution in [3.63, 3.8) is 0 Å². The SMILES string of the molecule is CC1=C(C)C(c2ccccc2N=C(Cl)C(C)(C)C)=C(C)C1. The normalized spacial score (nSPS) is 17.0. The smallest absolute Gasteiger partial charge is 0.112 e. The molecule has 0 saturated carbocycles. The molecule has 0 atom stereocenters. The monoisotopic (exact) mass is 301 g/mol. The van der Waals surface area contributed by atoms with Crippen molar-refractivity contribution < 1.29 is 0 Å². The molecule has 0 spiro atoms. The molecule has 2 rings (SSSR count). The number of rotatable bonds is 2. The van der Waals surface area contributed by atoms with Gasteiger partial charge in [0.25, 0.3) is 0 Å². The summed E-state index contributed by atoms with van der Waals surface area (Å²) in [5.41, 5.74) is 7.59. The van der Waals surface area contributed by atoms with Crippen LogP contribution in [0.5, 0.6) is 0 Å². The fourth-order valence-corrected chi connectivity index (χ4v) is 2.73. The zero-order valence-electron chi connectivity index (χ0n) is 13.8. The van der Waals surface area contributed by atoms with Gasteiger partial charge in [-0.05, 0) is 44.4 Å². The molecule has 21 heavy (non-hydrogen) atoms. The molecular formula is C19H24ClN. The zero-order chi connectivity index (χ0) is 15.8. The lowest BCUT2D eigenvalue weighted by atomic mass is 9.96. The number of para-hydroxylation sites is 1. The quantitative estimate of drug-likeness (QED) is 0.552. The van der Waals surface area contributed by atoms with Crippen molar-refractivity contribution in [3.05, 3.63) is 46.5 Å². The highest BCUT2D eigenvalue weighted by Gasteiger charge is 2.21. The van der Waals surface area contributed by atoms with Crippen molar-refractivity contribution in [1.82, 2.24) is 0 Å². The summed E-state index contributed by atoms with van der Waals surface area (Å²) in [5, 5.41) is 0.643. The molecule has 0 bridgehead atoms. The van der Waals surface area contributed by atoms with Crippen LogP contribution in [0.4, 0.5) is 5.69 Å². The summed E-state index contributed by atoms with van der Waals surface area (Å²) in [5.74, 6) is 0. The highest BCUT2D eigenvalue weighted by atomic mass is 35.5. The zero-order valence-corrected chi connectivity index (χ0v) is 14.6. The first-order valence-corrected chi connectivity index (χ1v) is 7.80. The first-order valence-electron chi connectivity index (χ1n) is 7.42. The van der Waals surface area contributed by atoms with E-state index in [1.54, 1.807) is 0 Å². The van der Waals surface area contributed by atoms with Gasteiger partial charge in [-0.25, -0.2) is 4.99 Å². The number of halogens is 1. The average molecular weight is 302 g/mol. The minimum Gasteiger partial charge on any atom is -0.240 e. The van der Waals surface area contributed by atoms with E-state index in [1.165, 1.54) is 27.9 Å². The van der Waals surface area contributed by atoms with Gasteiger partial charge in [-0.2, -0.15) is 0 Å². The Labute approximate surface area is 133 Å². The van der Waals surface area contributed by atoms with Crippen molar-refractivity contribution >= 4 is 28.0 Å². The van der Waals surface area contributed by atoms with Crippen LogP contribution >= 0.6 is 11.6 Å². The number of allylic oxidation sites excluding steroid dienone is 4. The third-order valence-electron chi connectivity index (χ3n) is 3.98. The summed E-state index contributed by atoms with van der Waals surface area (Å²) in [7, 11) is 0. The fraction of sp³-hybridized carbons (Fsp3) is 0.421. The van der Waals surface area contributed by atoms with Crippen LogP contribution in [0.15, 0.2) is 46.0 Å². The van der Waals surface area contributed by atoms with Crippen LogP contribution < -0.4 is 0 Å². The number of nitrogens with zero attached hydrogens (tertiary/aromatic N) is 1. The van der Waals surface area contributed by atoms with Crippen molar-refractivity contribution in [3.8, 4) is 0 Å². The molecule has 1 nitrogen and oxygen atoms in total. The van der Waals surface area contributed by atoms with E-state index in [0.29, 0.717) is 5.17 Å². The van der Waals surface area contributed by atoms with Crippen LogP contribution in [-0.2, 0) is 0 Å². The molecule has 1 aromatic carbocycles. The summed E-state index contributed by atoms with van der Waals surface area (Å²) in [6.07, 6.45) is 1.06. The molecule has 1 aliphatic carbocycles. The van der Waals surface area contributed by atoms with Gasteiger partial charge in [0, 0.05) is 11.0 Å². The van der Waals surface area contributed by atoms with Crippen molar-refractivity contribution in [2.24, 2.45) is 10.4 Å². The highest BCUT2D eigenvalue weighted by molar-refractivity contribution is 6.66. The number of hydrogen-bond donors (Lipinski definition) is 0. The van der Waals surface area contributed by atoms with Crippen LogP contribution in [0.3, 0.4) is 0 Å². The van der Waals surface area contributed by atoms with E-state index in [0.717, 1.165) is 12.1 Å². The topological polar surface area (TPSA) is 12.4 Å². The molecule has 1 aliphatic rings. The van der Waals surface area contributed by atoms with Crippen LogP contribution in [0.2, 0.25) is 0 Å². The van der Waals surface area contributed by atoms with Gasteiger partial charge in [-0.1, -0.05) is 61.7 Å². The van der Waals surface area contributed by atoms with Gasteiger partial charge in [0.2, 0.25) is 0 Å². The summed E-state index contributed by atoms with van der Waals surface area (Å²) < 4.78 is 0. The number of benzene rings is 1. The van der Waals surface area contributed by atoms with E-state index in [4.69, 9.17) is 16.6 Å². The molecule has 1 aromatic rings. The van der Waals surface area contributed by atoms with E-state index in [9.17, 15) is 0 Å². The minimum atomic E-state index is -0.130. The summed E-state index contributed by atoms with van der Waals surface area (Å²) in [6, 6.07) is 8.28. The van der Waals surface area contributed by atoms with Gasteiger partial charge in [0.1, 0.15) is 5.17 Å². The molecular weight excluding hydrogens is 278 g/mol. The predicted molar refractivity (Wildman–Crippen MR) is 94.4 cm³/mol. The molecule has 112 valence electrons. The second-order valence-electron chi connectivity index (χ2n) is 6.91. The average Bonchev–Trinajstić information content (AvgIpc) is 2.63. The lowest BCUT2D eigenvalue weighted by Gasteiger charge is -2.17. The predicted octanol–water partition coefficient (Wildman–Crippen LogP) is 6.52. The summed E-state index contributed by atoms with van der Waals surface area (Å²) >= 11 is 6.39. The summed E-state index contributed by atoms with van der Waals surface area (Å²) in [4.78, 5) is 4.69. The van der Waals surface area contributed by atoms with Crippen molar-refractivity contribution in [2.75, 3.05) is 0 Å². The Bertz CT molecular complexity index is 654. The Morgan fingerprint density at radius 1 is 1.05 bits per heavy atom. The van der Waals surface area contributed by atoms with Crippen LogP contribution in [-0.4, -0.2) is 5.17 Å². The molecule has 0 fully saturated rings. The second kappa shape index (κ2) is 5.81. The first kappa shape index (κ1) is 16.0. The molecule has 0 aromatic heterocycles. The lowest BCUT2D eigenvalue weighted by molar-refractivity contribution is 0.601. The van der Waals surface area contributed by atoms with E-state index < -0.39 is 0 Å². The van der Waals surface area contributed by atoms with Crippen LogP contribution in [0.25, 0.3) is 5.57 Å². The maximum absolute atomic E-state index is 6.39. The largest absolute Gasteiger partial charge is 0.240 e. The Morgan fingerprint density at radius 2 is 1.67 bits per heavy atom. The molecule has 0 aliphatic heterocycles. The number of aliphatic imine (C=N–C) groups is 1. The van der Waals surface area contributed by atoms with E-state index >= 15 is 0 Å². The maximum atomic E-state index is 6.39. The molecule has 0 saturated heterocycles. The van der Waals surface area contributed by atoms with Gasteiger partial charge in [0.15, 0.2) is 0 Å². The lowest BCUT2D eigenvalue weighted by Crippen LogP contribution is -2.14. The molecule has 0 heterocycles. The molecule has 0 N–H and O–H groups in total. The van der Waals surface area contributed by atoms with Gasteiger partial charge in [0.05, 0.1) is 5.69 Å². The van der Waals surface area contributed by atoms with Crippen LogP contribution in [0, 0.1) is 5.41 Å². The van der Waals surface area contributed by atoms with Crippen LogP contribution in [0.1, 0.15) is 53.5 Å². The molecule has 2 heteroatoms. The Balaban J connectivity index is 2.57. The Kier molecular flexibility index (Phi) is 4.43. The van der Waals surface area contributed by atoms with E-state index in [1.807, 2.05) is 12.1 Å². The molecule has 0 amide bonds. The van der Waals surface area contributed by atoms with E-state index in [-0.39, 0.29) is 5.41 Å². The van der Waals surface area contributed by atoms with Gasteiger partial charge in [-0.15, -0.1) is 0 Å². The van der Waals surface area contributed by atoms with Crippen molar-refractivity contribution in [1.29, 1.82) is 0 Å². The van der Waals surface area contributed by atoms with E-state index in [2.05, 4.69) is 53.7 Å². The molecule has 0 unspecified atom stereocenters. The fourth-order valence-electron chi connectivity index (χ4n) is 2.64. The second-order valence-corrected chi connectivity index (χ2v) is 7.27. The Morgan fingerprint density at radius 3 is 2.19 bits per heavy atom. The highest BCUT2D eigenvalue weighted by Crippen LogP contribution is 2.42.